The van der Waals surface area contributed by atoms with Crippen LogP contribution in [0.3, 0.4) is 0 Å². The maximum Gasteiger partial charge on any atom is 0.280 e. The second-order valence-corrected chi connectivity index (χ2v) is 6.09. The number of benzene rings is 2. The molecule has 0 unspecified atom stereocenters. The first-order valence-corrected chi connectivity index (χ1v) is 8.09. The molecule has 25 heavy (non-hydrogen) atoms. The van der Waals surface area contributed by atoms with Crippen LogP contribution >= 0.6 is 11.6 Å². The second kappa shape index (κ2) is 6.14. The fourth-order valence-electron chi connectivity index (χ4n) is 2.59. The first kappa shape index (κ1) is 15.5. The van der Waals surface area contributed by atoms with Gasteiger partial charge in [-0.05, 0) is 31.5 Å². The van der Waals surface area contributed by atoms with Gasteiger partial charge in [-0.2, -0.15) is 4.98 Å². The standard InChI is InChI=1S/C18H14ClN5O/c1-11-8-9-14(19)10-15(11)24-12(2)16(21-23-24)18-20-17(22-25-18)13-6-4-3-5-7-13/h3-10H,1-2H3. The Kier molecular flexibility index (Phi) is 3.82. The number of rotatable bonds is 3. The molecule has 0 bridgehead atoms. The lowest BCUT2D eigenvalue weighted by molar-refractivity contribution is 0.430. The molecule has 0 saturated carbocycles. The normalized spacial score (nSPS) is 11.0. The molecule has 0 fully saturated rings. The Labute approximate surface area is 149 Å². The summed E-state index contributed by atoms with van der Waals surface area (Å²) in [5.41, 5.74) is 4.14. The van der Waals surface area contributed by atoms with Gasteiger partial charge < -0.3 is 4.52 Å². The van der Waals surface area contributed by atoms with Gasteiger partial charge in [0.15, 0.2) is 5.69 Å². The molecule has 0 aliphatic heterocycles. The summed E-state index contributed by atoms with van der Waals surface area (Å²) in [4.78, 5) is 4.44. The number of halogens is 1. The summed E-state index contributed by atoms with van der Waals surface area (Å²) in [7, 11) is 0. The maximum atomic E-state index is 6.11. The zero-order valence-electron chi connectivity index (χ0n) is 13.6. The minimum Gasteiger partial charge on any atom is -0.332 e. The predicted octanol–water partition coefficient (Wildman–Crippen LogP) is 4.25. The zero-order valence-corrected chi connectivity index (χ0v) is 14.4. The lowest BCUT2D eigenvalue weighted by atomic mass is 10.2. The summed E-state index contributed by atoms with van der Waals surface area (Å²) < 4.78 is 7.11. The van der Waals surface area contributed by atoms with E-state index < -0.39 is 0 Å². The molecule has 0 amide bonds. The second-order valence-electron chi connectivity index (χ2n) is 5.66. The van der Waals surface area contributed by atoms with E-state index in [2.05, 4.69) is 20.5 Å². The molecule has 2 heterocycles. The van der Waals surface area contributed by atoms with Gasteiger partial charge in [0.25, 0.3) is 5.89 Å². The van der Waals surface area contributed by atoms with E-state index in [4.69, 9.17) is 16.1 Å². The largest absolute Gasteiger partial charge is 0.332 e. The van der Waals surface area contributed by atoms with E-state index in [-0.39, 0.29) is 0 Å². The van der Waals surface area contributed by atoms with Crippen molar-refractivity contribution in [2.24, 2.45) is 0 Å². The fraction of sp³-hybridized carbons (Fsp3) is 0.111. The van der Waals surface area contributed by atoms with Crippen LogP contribution in [0.15, 0.2) is 53.1 Å². The molecule has 2 aromatic carbocycles. The van der Waals surface area contributed by atoms with Gasteiger partial charge in [0, 0.05) is 10.6 Å². The number of aromatic nitrogens is 5. The van der Waals surface area contributed by atoms with Crippen molar-refractivity contribution in [2.45, 2.75) is 13.8 Å². The molecule has 4 rings (SSSR count). The van der Waals surface area contributed by atoms with E-state index in [1.807, 2.05) is 62.4 Å². The van der Waals surface area contributed by atoms with Gasteiger partial charge in [0.05, 0.1) is 11.4 Å². The predicted molar refractivity (Wildman–Crippen MR) is 94.6 cm³/mol. The quantitative estimate of drug-likeness (QED) is 0.551. The van der Waals surface area contributed by atoms with Gasteiger partial charge in [0.1, 0.15) is 0 Å². The molecule has 124 valence electrons. The minimum atomic E-state index is 0.335. The Balaban J connectivity index is 1.75. The molecule has 0 N–H and O–H groups in total. The first-order chi connectivity index (χ1) is 12.1. The molecule has 0 radical (unpaired) electrons. The summed E-state index contributed by atoms with van der Waals surface area (Å²) in [6.07, 6.45) is 0. The highest BCUT2D eigenvalue weighted by atomic mass is 35.5. The molecular formula is C18H14ClN5O. The summed E-state index contributed by atoms with van der Waals surface area (Å²) in [5, 5.41) is 13.1. The molecule has 7 heteroatoms. The van der Waals surface area contributed by atoms with E-state index >= 15 is 0 Å². The van der Waals surface area contributed by atoms with Crippen LogP contribution in [0.5, 0.6) is 0 Å². The first-order valence-electron chi connectivity index (χ1n) is 7.72. The van der Waals surface area contributed by atoms with E-state index in [0.29, 0.717) is 22.4 Å². The monoisotopic (exact) mass is 351 g/mol. The highest BCUT2D eigenvalue weighted by Gasteiger charge is 2.19. The number of hydrogen-bond donors (Lipinski definition) is 0. The Morgan fingerprint density at radius 3 is 2.64 bits per heavy atom. The molecule has 0 aliphatic carbocycles. The van der Waals surface area contributed by atoms with Crippen molar-refractivity contribution in [1.82, 2.24) is 25.1 Å². The van der Waals surface area contributed by atoms with Crippen molar-refractivity contribution in [3.05, 3.63) is 64.8 Å². The third-order valence-electron chi connectivity index (χ3n) is 3.95. The van der Waals surface area contributed by atoms with E-state index in [1.165, 1.54) is 0 Å². The Morgan fingerprint density at radius 2 is 1.84 bits per heavy atom. The summed E-state index contributed by atoms with van der Waals surface area (Å²) in [6, 6.07) is 15.3. The lowest BCUT2D eigenvalue weighted by Crippen LogP contribution is -2.01. The molecule has 0 atom stereocenters. The zero-order chi connectivity index (χ0) is 17.4. The van der Waals surface area contributed by atoms with Crippen LogP contribution in [0.4, 0.5) is 0 Å². The Hall–Kier alpha value is -2.99. The highest BCUT2D eigenvalue weighted by molar-refractivity contribution is 6.30. The van der Waals surface area contributed by atoms with Crippen LogP contribution in [-0.2, 0) is 0 Å². The third kappa shape index (κ3) is 2.81. The van der Waals surface area contributed by atoms with Crippen molar-refractivity contribution in [3.63, 3.8) is 0 Å². The van der Waals surface area contributed by atoms with Gasteiger partial charge >= 0.3 is 0 Å². The fourth-order valence-corrected chi connectivity index (χ4v) is 2.76. The molecular weight excluding hydrogens is 338 g/mol. The van der Waals surface area contributed by atoms with Gasteiger partial charge in [0.2, 0.25) is 5.82 Å². The van der Waals surface area contributed by atoms with Crippen LogP contribution in [0.25, 0.3) is 28.7 Å². The van der Waals surface area contributed by atoms with Crippen LogP contribution in [0, 0.1) is 13.8 Å². The van der Waals surface area contributed by atoms with Crippen LogP contribution in [0.2, 0.25) is 5.02 Å². The summed E-state index contributed by atoms with van der Waals surface area (Å²) in [5.74, 6) is 0.853. The number of hydrogen-bond acceptors (Lipinski definition) is 5. The van der Waals surface area contributed by atoms with Gasteiger partial charge in [-0.25, -0.2) is 4.68 Å². The van der Waals surface area contributed by atoms with Crippen molar-refractivity contribution < 1.29 is 4.52 Å². The van der Waals surface area contributed by atoms with Crippen LogP contribution < -0.4 is 0 Å². The van der Waals surface area contributed by atoms with Gasteiger partial charge in [-0.15, -0.1) is 5.10 Å². The molecule has 6 nitrogen and oxygen atoms in total. The average Bonchev–Trinajstić information content (AvgIpc) is 3.25. The van der Waals surface area contributed by atoms with Crippen LogP contribution in [0.1, 0.15) is 11.3 Å². The van der Waals surface area contributed by atoms with Crippen molar-refractivity contribution in [2.75, 3.05) is 0 Å². The summed E-state index contributed by atoms with van der Waals surface area (Å²) >= 11 is 6.11. The molecule has 0 saturated heterocycles. The maximum absolute atomic E-state index is 6.11. The smallest absolute Gasteiger partial charge is 0.280 e. The highest BCUT2D eigenvalue weighted by Crippen LogP contribution is 2.26. The molecule has 0 aliphatic rings. The van der Waals surface area contributed by atoms with Crippen molar-refractivity contribution in [3.8, 4) is 28.7 Å². The lowest BCUT2D eigenvalue weighted by Gasteiger charge is -2.07. The van der Waals surface area contributed by atoms with Gasteiger partial charge in [-0.3, -0.25) is 0 Å². The SMILES string of the molecule is Cc1ccc(Cl)cc1-n1nnc(-c2nc(-c3ccccc3)no2)c1C. The van der Waals surface area contributed by atoms with E-state index in [1.54, 1.807) is 4.68 Å². The average molecular weight is 352 g/mol. The van der Waals surface area contributed by atoms with Crippen molar-refractivity contribution >= 4 is 11.6 Å². The molecule has 0 spiro atoms. The molecule has 2 aromatic heterocycles. The van der Waals surface area contributed by atoms with Crippen molar-refractivity contribution in [1.29, 1.82) is 0 Å². The number of nitrogens with zero attached hydrogens (tertiary/aromatic N) is 5. The topological polar surface area (TPSA) is 69.6 Å². The Bertz CT molecular complexity index is 1040. The van der Waals surface area contributed by atoms with E-state index in [9.17, 15) is 0 Å². The van der Waals surface area contributed by atoms with Crippen LogP contribution in [-0.4, -0.2) is 25.1 Å². The minimum absolute atomic E-state index is 0.335. The summed E-state index contributed by atoms with van der Waals surface area (Å²) in [6.45, 7) is 3.90. The Morgan fingerprint density at radius 1 is 1.04 bits per heavy atom. The number of aryl methyl sites for hydroxylation is 1. The van der Waals surface area contributed by atoms with E-state index in [0.717, 1.165) is 22.5 Å². The van der Waals surface area contributed by atoms with Gasteiger partial charge in [-0.1, -0.05) is 58.4 Å². The third-order valence-corrected chi connectivity index (χ3v) is 4.19. The molecule has 4 aromatic rings.